The van der Waals surface area contributed by atoms with Crippen LogP contribution in [-0.4, -0.2) is 31.3 Å². The summed E-state index contributed by atoms with van der Waals surface area (Å²) in [4.78, 5) is 24.0. The number of hydrogen-bond donors (Lipinski definition) is 0. The van der Waals surface area contributed by atoms with Gasteiger partial charge in [0, 0.05) is 5.56 Å². The van der Waals surface area contributed by atoms with Crippen molar-refractivity contribution in [2.45, 2.75) is 13.0 Å². The van der Waals surface area contributed by atoms with E-state index < -0.39 is 24.5 Å². The van der Waals surface area contributed by atoms with Crippen molar-refractivity contribution in [2.75, 3.05) is 13.4 Å². The fourth-order valence-corrected chi connectivity index (χ4v) is 2.17. The van der Waals surface area contributed by atoms with Crippen LogP contribution in [0.4, 0.5) is 4.39 Å². The molecule has 0 radical (unpaired) electrons. The molecule has 0 spiro atoms. The van der Waals surface area contributed by atoms with Crippen molar-refractivity contribution in [1.29, 1.82) is 0 Å². The molecule has 0 fully saturated rings. The maximum atomic E-state index is 12.8. The van der Waals surface area contributed by atoms with Crippen LogP contribution in [-0.2, 0) is 9.53 Å². The van der Waals surface area contributed by atoms with Gasteiger partial charge >= 0.3 is 5.97 Å². The van der Waals surface area contributed by atoms with Gasteiger partial charge < -0.3 is 18.9 Å². The van der Waals surface area contributed by atoms with Crippen LogP contribution < -0.4 is 14.2 Å². The molecule has 1 aliphatic heterocycles. The fourth-order valence-electron chi connectivity index (χ4n) is 2.17. The SMILES string of the molecule is C[C@H](Oc1ccc(F)cc1)C(=O)OCC(=O)c1ccc2c(c1)OCO2. The molecule has 0 aliphatic carbocycles. The number of esters is 1. The average molecular weight is 346 g/mol. The predicted molar refractivity (Wildman–Crippen MR) is 84.3 cm³/mol. The molecule has 0 aromatic heterocycles. The predicted octanol–water partition coefficient (Wildman–Crippen LogP) is 2.75. The molecule has 1 aliphatic rings. The fraction of sp³-hybridized carbons (Fsp3) is 0.222. The van der Waals surface area contributed by atoms with E-state index in [0.29, 0.717) is 22.8 Å². The number of hydrogen-bond acceptors (Lipinski definition) is 6. The van der Waals surface area contributed by atoms with Crippen molar-refractivity contribution < 1.29 is 32.9 Å². The van der Waals surface area contributed by atoms with Crippen LogP contribution in [0.3, 0.4) is 0 Å². The Balaban J connectivity index is 1.52. The van der Waals surface area contributed by atoms with E-state index in [9.17, 15) is 14.0 Å². The first-order valence-electron chi connectivity index (χ1n) is 7.54. The summed E-state index contributed by atoms with van der Waals surface area (Å²) in [6, 6.07) is 9.97. The van der Waals surface area contributed by atoms with E-state index in [1.807, 2.05) is 0 Å². The molecule has 1 atom stereocenters. The zero-order valence-corrected chi connectivity index (χ0v) is 13.4. The summed E-state index contributed by atoms with van der Waals surface area (Å²) in [5.74, 6) is -0.107. The maximum Gasteiger partial charge on any atom is 0.347 e. The summed E-state index contributed by atoms with van der Waals surface area (Å²) in [5.41, 5.74) is 0.351. The summed E-state index contributed by atoms with van der Waals surface area (Å²) in [6.07, 6.45) is -0.935. The number of carbonyl (C=O) groups excluding carboxylic acids is 2. The number of rotatable bonds is 6. The van der Waals surface area contributed by atoms with Gasteiger partial charge in [0.05, 0.1) is 0 Å². The Labute approximate surface area is 143 Å². The van der Waals surface area contributed by atoms with Crippen molar-refractivity contribution >= 4 is 11.8 Å². The van der Waals surface area contributed by atoms with Gasteiger partial charge in [-0.2, -0.15) is 0 Å². The summed E-state index contributed by atoms with van der Waals surface area (Å²) in [7, 11) is 0. The molecule has 0 saturated carbocycles. The highest BCUT2D eigenvalue weighted by Gasteiger charge is 2.20. The molecular weight excluding hydrogens is 331 g/mol. The average Bonchev–Trinajstić information content (AvgIpc) is 3.08. The van der Waals surface area contributed by atoms with Crippen molar-refractivity contribution in [1.82, 2.24) is 0 Å². The lowest BCUT2D eigenvalue weighted by Gasteiger charge is -2.13. The molecule has 0 unspecified atom stereocenters. The van der Waals surface area contributed by atoms with Crippen LogP contribution in [0.2, 0.25) is 0 Å². The van der Waals surface area contributed by atoms with Crippen LogP contribution in [0.5, 0.6) is 17.2 Å². The molecular formula is C18H15FO6. The molecule has 2 aromatic carbocycles. The minimum atomic E-state index is -0.935. The Bertz CT molecular complexity index is 787. The molecule has 2 aromatic rings. The maximum absolute atomic E-state index is 12.8. The highest BCUT2D eigenvalue weighted by molar-refractivity contribution is 5.98. The second-order valence-corrected chi connectivity index (χ2v) is 5.31. The first-order chi connectivity index (χ1) is 12.0. The largest absolute Gasteiger partial charge is 0.479 e. The summed E-state index contributed by atoms with van der Waals surface area (Å²) in [5, 5.41) is 0. The van der Waals surface area contributed by atoms with Crippen LogP contribution >= 0.6 is 0 Å². The number of ether oxygens (including phenoxy) is 4. The van der Waals surface area contributed by atoms with Gasteiger partial charge in [0.1, 0.15) is 11.6 Å². The third kappa shape index (κ3) is 4.06. The van der Waals surface area contributed by atoms with Gasteiger partial charge in [0.25, 0.3) is 0 Å². The lowest BCUT2D eigenvalue weighted by Crippen LogP contribution is -2.28. The van der Waals surface area contributed by atoms with Crippen LogP contribution in [0.1, 0.15) is 17.3 Å². The second-order valence-electron chi connectivity index (χ2n) is 5.31. The molecule has 0 N–H and O–H groups in total. The monoisotopic (exact) mass is 346 g/mol. The third-order valence-electron chi connectivity index (χ3n) is 3.50. The quantitative estimate of drug-likeness (QED) is 0.592. The van der Waals surface area contributed by atoms with E-state index in [2.05, 4.69) is 0 Å². The van der Waals surface area contributed by atoms with Gasteiger partial charge in [-0.25, -0.2) is 9.18 Å². The number of ketones is 1. The lowest BCUT2D eigenvalue weighted by molar-refractivity contribution is -0.149. The number of Topliss-reactive ketones (excluding diaryl/α,β-unsaturated/α-hetero) is 1. The van der Waals surface area contributed by atoms with E-state index in [0.717, 1.165) is 0 Å². The van der Waals surface area contributed by atoms with Gasteiger partial charge in [-0.1, -0.05) is 0 Å². The Morgan fingerprint density at radius 1 is 1.12 bits per heavy atom. The highest BCUT2D eigenvalue weighted by atomic mass is 19.1. The van der Waals surface area contributed by atoms with Gasteiger partial charge in [0.2, 0.25) is 6.79 Å². The van der Waals surface area contributed by atoms with E-state index in [1.165, 1.54) is 37.3 Å². The lowest BCUT2D eigenvalue weighted by atomic mass is 10.1. The molecule has 130 valence electrons. The molecule has 1 heterocycles. The van der Waals surface area contributed by atoms with E-state index in [1.54, 1.807) is 12.1 Å². The van der Waals surface area contributed by atoms with Crippen molar-refractivity contribution in [2.24, 2.45) is 0 Å². The zero-order chi connectivity index (χ0) is 17.8. The first kappa shape index (κ1) is 16.8. The van der Waals surface area contributed by atoms with Crippen molar-refractivity contribution in [3.8, 4) is 17.2 Å². The summed E-state index contributed by atoms with van der Waals surface area (Å²) >= 11 is 0. The normalized spacial score (nSPS) is 13.2. The Hall–Kier alpha value is -3.09. The minimum absolute atomic E-state index is 0.111. The number of halogens is 1. The smallest absolute Gasteiger partial charge is 0.347 e. The number of carbonyl (C=O) groups is 2. The molecule has 6 nitrogen and oxygen atoms in total. The molecule has 7 heteroatoms. The van der Waals surface area contributed by atoms with E-state index >= 15 is 0 Å². The molecule has 0 saturated heterocycles. The number of benzene rings is 2. The van der Waals surface area contributed by atoms with Gasteiger partial charge in [-0.05, 0) is 49.4 Å². The highest BCUT2D eigenvalue weighted by Crippen LogP contribution is 2.32. The van der Waals surface area contributed by atoms with Gasteiger partial charge in [-0.15, -0.1) is 0 Å². The standard InChI is InChI=1S/C18H15FO6/c1-11(25-14-5-3-13(19)4-6-14)18(21)22-9-15(20)12-2-7-16-17(8-12)24-10-23-16/h2-8,11H,9-10H2,1H3/t11-/m0/s1. The summed E-state index contributed by atoms with van der Waals surface area (Å²) in [6.45, 7) is 1.17. The van der Waals surface area contributed by atoms with Gasteiger partial charge in [0.15, 0.2) is 30.0 Å². The van der Waals surface area contributed by atoms with Crippen molar-refractivity contribution in [3.05, 3.63) is 53.8 Å². The van der Waals surface area contributed by atoms with Crippen LogP contribution in [0.25, 0.3) is 0 Å². The molecule has 0 bridgehead atoms. The zero-order valence-electron chi connectivity index (χ0n) is 13.4. The Kier molecular flexibility index (Phi) is 4.83. The molecule has 0 amide bonds. The van der Waals surface area contributed by atoms with E-state index in [4.69, 9.17) is 18.9 Å². The number of fused-ring (bicyclic) bond motifs is 1. The Morgan fingerprint density at radius 2 is 1.84 bits per heavy atom. The van der Waals surface area contributed by atoms with Crippen LogP contribution in [0, 0.1) is 5.82 Å². The minimum Gasteiger partial charge on any atom is -0.479 e. The summed E-state index contributed by atoms with van der Waals surface area (Å²) < 4.78 is 33.5. The van der Waals surface area contributed by atoms with Crippen LogP contribution in [0.15, 0.2) is 42.5 Å². The second kappa shape index (κ2) is 7.21. The Morgan fingerprint density at radius 3 is 2.60 bits per heavy atom. The van der Waals surface area contributed by atoms with Crippen molar-refractivity contribution in [3.63, 3.8) is 0 Å². The van der Waals surface area contributed by atoms with E-state index in [-0.39, 0.29) is 12.6 Å². The molecule has 25 heavy (non-hydrogen) atoms. The molecule has 3 rings (SSSR count). The van der Waals surface area contributed by atoms with Gasteiger partial charge in [-0.3, -0.25) is 4.79 Å². The first-order valence-corrected chi connectivity index (χ1v) is 7.54. The topological polar surface area (TPSA) is 71.1 Å². The third-order valence-corrected chi connectivity index (χ3v) is 3.50.